The molecule has 0 atom stereocenters. The molecule has 7 nitrogen and oxygen atoms in total. The number of halogens is 1. The van der Waals surface area contributed by atoms with Gasteiger partial charge < -0.3 is 14.8 Å². The Hall–Kier alpha value is -2.87. The topological polar surface area (TPSA) is 78.3 Å². The average molecular weight is 473 g/mol. The number of benzene rings is 1. The lowest BCUT2D eigenvalue weighted by molar-refractivity contribution is -0.120. The van der Waals surface area contributed by atoms with Gasteiger partial charge in [0.2, 0.25) is 5.91 Å². The number of aromatic nitrogens is 3. The standard InChI is InChI=1S/C22H25BrN4O3/c1-4-29-19-11-17(18(23)13-20(19)30-5-2)12-22(28)26-14-16-6-7-25-21(10-16)27-9-8-24-15(27)3/h6-11,13H,4-5,12,14H2,1-3H3,(H,26,28). The minimum Gasteiger partial charge on any atom is -0.490 e. The summed E-state index contributed by atoms with van der Waals surface area (Å²) in [6, 6.07) is 7.52. The molecular formula is C22H25BrN4O3. The minimum absolute atomic E-state index is 0.0838. The molecule has 0 fully saturated rings. The van der Waals surface area contributed by atoms with Crippen LogP contribution in [0.1, 0.15) is 30.8 Å². The van der Waals surface area contributed by atoms with Gasteiger partial charge >= 0.3 is 0 Å². The summed E-state index contributed by atoms with van der Waals surface area (Å²) in [4.78, 5) is 21.1. The average Bonchev–Trinajstić information content (AvgIpc) is 3.16. The van der Waals surface area contributed by atoms with E-state index in [1.807, 2.05) is 55.8 Å². The van der Waals surface area contributed by atoms with Crippen molar-refractivity contribution in [1.29, 1.82) is 0 Å². The van der Waals surface area contributed by atoms with Crippen molar-refractivity contribution in [2.45, 2.75) is 33.7 Å². The Bertz CT molecular complexity index is 1020. The minimum atomic E-state index is -0.0838. The number of aryl methyl sites for hydroxylation is 1. The van der Waals surface area contributed by atoms with Gasteiger partial charge in [0.15, 0.2) is 11.5 Å². The van der Waals surface area contributed by atoms with Crippen LogP contribution >= 0.6 is 15.9 Å². The number of amides is 1. The normalized spacial score (nSPS) is 10.7. The molecule has 0 bridgehead atoms. The Morgan fingerprint density at radius 2 is 1.83 bits per heavy atom. The monoisotopic (exact) mass is 472 g/mol. The van der Waals surface area contributed by atoms with Crippen LogP contribution in [0.5, 0.6) is 11.5 Å². The van der Waals surface area contributed by atoms with Crippen LogP contribution in [-0.2, 0) is 17.8 Å². The first-order valence-electron chi connectivity index (χ1n) is 9.81. The summed E-state index contributed by atoms with van der Waals surface area (Å²) in [6.07, 6.45) is 5.55. The van der Waals surface area contributed by atoms with Gasteiger partial charge in [-0.2, -0.15) is 0 Å². The zero-order valence-electron chi connectivity index (χ0n) is 17.3. The number of rotatable bonds is 9. The molecule has 0 aliphatic heterocycles. The van der Waals surface area contributed by atoms with E-state index in [0.29, 0.717) is 31.3 Å². The molecule has 1 N–H and O–H groups in total. The summed E-state index contributed by atoms with van der Waals surface area (Å²) in [5.41, 5.74) is 1.80. The van der Waals surface area contributed by atoms with Crippen LogP contribution in [0.15, 0.2) is 47.3 Å². The fourth-order valence-corrected chi connectivity index (χ4v) is 3.47. The SMILES string of the molecule is CCOc1cc(Br)c(CC(=O)NCc2ccnc(-n3ccnc3C)c2)cc1OCC. The number of carbonyl (C=O) groups is 1. The zero-order chi connectivity index (χ0) is 21.5. The highest BCUT2D eigenvalue weighted by atomic mass is 79.9. The molecule has 0 spiro atoms. The number of hydrogen-bond donors (Lipinski definition) is 1. The van der Waals surface area contributed by atoms with E-state index in [9.17, 15) is 4.79 Å². The summed E-state index contributed by atoms with van der Waals surface area (Å²) < 4.78 is 14.0. The van der Waals surface area contributed by atoms with Gasteiger partial charge in [0.05, 0.1) is 19.6 Å². The lowest BCUT2D eigenvalue weighted by atomic mass is 10.1. The van der Waals surface area contributed by atoms with E-state index in [-0.39, 0.29) is 12.3 Å². The number of carbonyl (C=O) groups excluding carboxylic acids is 1. The van der Waals surface area contributed by atoms with Crippen molar-refractivity contribution in [3.63, 3.8) is 0 Å². The molecule has 0 radical (unpaired) electrons. The molecule has 158 valence electrons. The van der Waals surface area contributed by atoms with Crippen molar-refractivity contribution < 1.29 is 14.3 Å². The van der Waals surface area contributed by atoms with Gasteiger partial charge in [-0.1, -0.05) is 15.9 Å². The highest BCUT2D eigenvalue weighted by Gasteiger charge is 2.14. The molecule has 2 heterocycles. The fraction of sp³-hybridized carbons (Fsp3) is 0.318. The van der Waals surface area contributed by atoms with Gasteiger partial charge in [0.25, 0.3) is 0 Å². The molecule has 0 saturated carbocycles. The third-order valence-electron chi connectivity index (χ3n) is 4.44. The number of nitrogens with one attached hydrogen (secondary N) is 1. The zero-order valence-corrected chi connectivity index (χ0v) is 18.9. The molecular weight excluding hydrogens is 448 g/mol. The van der Waals surface area contributed by atoms with E-state index in [1.54, 1.807) is 12.4 Å². The maximum atomic E-state index is 12.6. The van der Waals surface area contributed by atoms with Gasteiger partial charge in [-0.3, -0.25) is 9.36 Å². The second-order valence-corrected chi connectivity index (χ2v) is 7.43. The van der Waals surface area contributed by atoms with Gasteiger partial charge in [-0.25, -0.2) is 9.97 Å². The van der Waals surface area contributed by atoms with E-state index in [4.69, 9.17) is 9.47 Å². The third kappa shape index (κ3) is 5.38. The molecule has 0 aliphatic carbocycles. The summed E-state index contributed by atoms with van der Waals surface area (Å²) >= 11 is 3.53. The predicted molar refractivity (Wildman–Crippen MR) is 118 cm³/mol. The summed E-state index contributed by atoms with van der Waals surface area (Å²) in [5.74, 6) is 2.84. The lowest BCUT2D eigenvalue weighted by Crippen LogP contribution is -2.24. The molecule has 2 aromatic heterocycles. The Balaban J connectivity index is 1.66. The van der Waals surface area contributed by atoms with Gasteiger partial charge in [0, 0.05) is 29.6 Å². The number of imidazole rings is 1. The number of hydrogen-bond acceptors (Lipinski definition) is 5. The van der Waals surface area contributed by atoms with E-state index < -0.39 is 0 Å². The molecule has 3 aromatic rings. The van der Waals surface area contributed by atoms with Crippen LogP contribution in [0.3, 0.4) is 0 Å². The van der Waals surface area contributed by atoms with Crippen molar-refractivity contribution in [3.05, 3.63) is 64.3 Å². The van der Waals surface area contributed by atoms with Gasteiger partial charge in [-0.15, -0.1) is 0 Å². The summed E-state index contributed by atoms with van der Waals surface area (Å²) in [6.45, 7) is 7.23. The number of nitrogens with zero attached hydrogens (tertiary/aromatic N) is 3. The van der Waals surface area contributed by atoms with Gasteiger partial charge in [0.1, 0.15) is 11.6 Å². The number of pyridine rings is 1. The van der Waals surface area contributed by atoms with Crippen LogP contribution in [0.25, 0.3) is 5.82 Å². The highest BCUT2D eigenvalue weighted by Crippen LogP contribution is 2.34. The van der Waals surface area contributed by atoms with Crippen LogP contribution in [-0.4, -0.2) is 33.7 Å². The molecule has 1 aromatic carbocycles. The lowest BCUT2D eigenvalue weighted by Gasteiger charge is -2.14. The van der Waals surface area contributed by atoms with E-state index in [1.165, 1.54) is 0 Å². The predicted octanol–water partition coefficient (Wildman–Crippen LogP) is 3.99. The van der Waals surface area contributed by atoms with Gasteiger partial charge in [-0.05, 0) is 56.2 Å². The van der Waals surface area contributed by atoms with Crippen molar-refractivity contribution >= 4 is 21.8 Å². The molecule has 0 unspecified atom stereocenters. The van der Waals surface area contributed by atoms with E-state index in [0.717, 1.165) is 27.2 Å². The van der Waals surface area contributed by atoms with Crippen molar-refractivity contribution in [3.8, 4) is 17.3 Å². The summed E-state index contributed by atoms with van der Waals surface area (Å²) in [7, 11) is 0. The van der Waals surface area contributed by atoms with Crippen LogP contribution in [0.2, 0.25) is 0 Å². The third-order valence-corrected chi connectivity index (χ3v) is 5.17. The highest BCUT2D eigenvalue weighted by molar-refractivity contribution is 9.10. The maximum Gasteiger partial charge on any atom is 0.224 e. The van der Waals surface area contributed by atoms with Crippen molar-refractivity contribution in [2.75, 3.05) is 13.2 Å². The first-order chi connectivity index (χ1) is 14.5. The second kappa shape index (κ2) is 10.2. The fourth-order valence-electron chi connectivity index (χ4n) is 3.01. The largest absolute Gasteiger partial charge is 0.490 e. The van der Waals surface area contributed by atoms with Crippen LogP contribution in [0.4, 0.5) is 0 Å². The molecule has 0 aliphatic rings. The first kappa shape index (κ1) is 21.8. The second-order valence-electron chi connectivity index (χ2n) is 6.58. The Morgan fingerprint density at radius 3 is 2.50 bits per heavy atom. The Labute approximate surface area is 184 Å². The van der Waals surface area contributed by atoms with Crippen molar-refractivity contribution in [1.82, 2.24) is 19.9 Å². The van der Waals surface area contributed by atoms with Crippen molar-refractivity contribution in [2.24, 2.45) is 0 Å². The Morgan fingerprint density at radius 1 is 1.10 bits per heavy atom. The molecule has 0 saturated heterocycles. The summed E-state index contributed by atoms with van der Waals surface area (Å²) in [5, 5.41) is 2.97. The molecule has 1 amide bonds. The Kier molecular flexibility index (Phi) is 7.46. The smallest absolute Gasteiger partial charge is 0.224 e. The molecule has 30 heavy (non-hydrogen) atoms. The first-order valence-corrected chi connectivity index (χ1v) is 10.6. The maximum absolute atomic E-state index is 12.6. The van der Waals surface area contributed by atoms with E-state index in [2.05, 4.69) is 31.2 Å². The number of ether oxygens (including phenoxy) is 2. The van der Waals surface area contributed by atoms with E-state index >= 15 is 0 Å². The quantitative estimate of drug-likeness (QED) is 0.509. The van der Waals surface area contributed by atoms with Crippen LogP contribution in [0, 0.1) is 6.92 Å². The molecule has 3 rings (SSSR count). The van der Waals surface area contributed by atoms with Crippen LogP contribution < -0.4 is 14.8 Å². The molecule has 8 heteroatoms.